The van der Waals surface area contributed by atoms with E-state index in [9.17, 15) is 14.4 Å². The standard InChI is InChI=1S/C24H29NO7S/c1-5-31-23(27)19-14(2)20(24(28)32-16-9-7-6-8-10-16)33-22(19)25-21(26)15-11-17(29-3)13-18(12-15)30-4/h11-13,16H,5-10H2,1-4H3,(H,25,26). The minimum atomic E-state index is -0.610. The number of carbonyl (C=O) groups excluding carboxylic acids is 3. The summed E-state index contributed by atoms with van der Waals surface area (Å²) in [5, 5.41) is 2.98. The highest BCUT2D eigenvalue weighted by Crippen LogP contribution is 2.36. The van der Waals surface area contributed by atoms with Crippen LogP contribution in [0.3, 0.4) is 0 Å². The number of nitrogens with one attached hydrogen (secondary N) is 1. The van der Waals surface area contributed by atoms with Crippen molar-refractivity contribution in [1.29, 1.82) is 0 Å². The molecule has 0 unspecified atom stereocenters. The highest BCUT2D eigenvalue weighted by atomic mass is 32.1. The number of methoxy groups -OCH3 is 2. The summed E-state index contributed by atoms with van der Waals surface area (Å²) in [5.74, 6) is -0.681. The normalized spacial score (nSPS) is 13.8. The Kier molecular flexibility index (Phi) is 8.32. The third kappa shape index (κ3) is 5.84. The SMILES string of the molecule is CCOC(=O)c1c(NC(=O)c2cc(OC)cc(OC)c2)sc(C(=O)OC2CCCCC2)c1C. The molecular formula is C24H29NO7S. The molecule has 0 atom stereocenters. The van der Waals surface area contributed by atoms with Crippen LogP contribution in [0.5, 0.6) is 11.5 Å². The molecule has 1 aromatic carbocycles. The van der Waals surface area contributed by atoms with Crippen LogP contribution in [-0.4, -0.2) is 44.8 Å². The Morgan fingerprint density at radius 2 is 1.64 bits per heavy atom. The Labute approximate surface area is 197 Å². The predicted octanol–water partition coefficient (Wildman–Crippen LogP) is 4.99. The van der Waals surface area contributed by atoms with Gasteiger partial charge in [0.05, 0.1) is 26.4 Å². The van der Waals surface area contributed by atoms with E-state index in [1.165, 1.54) is 14.2 Å². The molecule has 1 fully saturated rings. The second-order valence-corrected chi connectivity index (χ2v) is 8.72. The van der Waals surface area contributed by atoms with Crippen LogP contribution in [0.2, 0.25) is 0 Å². The van der Waals surface area contributed by atoms with Crippen molar-refractivity contribution >= 4 is 34.2 Å². The summed E-state index contributed by atoms with van der Waals surface area (Å²) in [5.41, 5.74) is 0.858. The molecule has 1 heterocycles. The van der Waals surface area contributed by atoms with Gasteiger partial charge in [-0.05, 0) is 57.2 Å². The first-order valence-corrected chi connectivity index (χ1v) is 11.8. The first-order valence-electron chi connectivity index (χ1n) is 10.9. The molecule has 1 N–H and O–H groups in total. The highest BCUT2D eigenvalue weighted by Gasteiger charge is 2.29. The van der Waals surface area contributed by atoms with Crippen molar-refractivity contribution in [3.05, 3.63) is 39.8 Å². The van der Waals surface area contributed by atoms with E-state index in [1.807, 2.05) is 0 Å². The third-order valence-corrected chi connectivity index (χ3v) is 6.67. The fourth-order valence-electron chi connectivity index (χ4n) is 3.75. The maximum absolute atomic E-state index is 13.0. The smallest absolute Gasteiger partial charge is 0.348 e. The number of hydrogen-bond donors (Lipinski definition) is 1. The summed E-state index contributed by atoms with van der Waals surface area (Å²) in [6, 6.07) is 4.76. The van der Waals surface area contributed by atoms with Crippen LogP contribution in [0, 0.1) is 6.92 Å². The zero-order valence-corrected chi connectivity index (χ0v) is 20.1. The Hall–Kier alpha value is -3.07. The van der Waals surface area contributed by atoms with Gasteiger partial charge < -0.3 is 24.3 Å². The average Bonchev–Trinajstić information content (AvgIpc) is 3.15. The van der Waals surface area contributed by atoms with Crippen molar-refractivity contribution in [3.8, 4) is 11.5 Å². The van der Waals surface area contributed by atoms with Gasteiger partial charge in [-0.3, -0.25) is 4.79 Å². The summed E-state index contributed by atoms with van der Waals surface area (Å²) in [4.78, 5) is 38.9. The molecule has 9 heteroatoms. The van der Waals surface area contributed by atoms with Crippen molar-refractivity contribution < 1.29 is 33.3 Å². The average molecular weight is 476 g/mol. The lowest BCUT2D eigenvalue weighted by Crippen LogP contribution is -2.21. The van der Waals surface area contributed by atoms with Crippen molar-refractivity contribution in [2.45, 2.75) is 52.1 Å². The maximum Gasteiger partial charge on any atom is 0.348 e. The molecule has 0 bridgehead atoms. The summed E-state index contributed by atoms with van der Waals surface area (Å²) in [6.45, 7) is 3.51. The monoisotopic (exact) mass is 475 g/mol. The molecule has 1 aliphatic carbocycles. The van der Waals surface area contributed by atoms with Crippen LogP contribution in [0.1, 0.15) is 75.0 Å². The first-order chi connectivity index (χ1) is 15.9. The second kappa shape index (κ2) is 11.2. The molecular weight excluding hydrogens is 446 g/mol. The summed E-state index contributed by atoms with van der Waals surface area (Å²) in [7, 11) is 2.98. The Bertz CT molecular complexity index is 1000. The lowest BCUT2D eigenvalue weighted by Gasteiger charge is -2.21. The zero-order valence-electron chi connectivity index (χ0n) is 19.3. The van der Waals surface area contributed by atoms with Gasteiger partial charge in [0.25, 0.3) is 5.91 Å². The molecule has 3 rings (SSSR count). The molecule has 2 aromatic rings. The highest BCUT2D eigenvalue weighted by molar-refractivity contribution is 7.18. The van der Waals surface area contributed by atoms with Crippen LogP contribution in [0.15, 0.2) is 18.2 Å². The van der Waals surface area contributed by atoms with E-state index in [4.69, 9.17) is 18.9 Å². The van der Waals surface area contributed by atoms with Crippen molar-refractivity contribution in [2.75, 3.05) is 26.1 Å². The van der Waals surface area contributed by atoms with Gasteiger partial charge in [-0.25, -0.2) is 9.59 Å². The van der Waals surface area contributed by atoms with Gasteiger partial charge in [-0.15, -0.1) is 11.3 Å². The van der Waals surface area contributed by atoms with E-state index in [0.717, 1.165) is 43.4 Å². The number of hydrogen-bond acceptors (Lipinski definition) is 8. The molecule has 0 spiro atoms. The van der Waals surface area contributed by atoms with Crippen molar-refractivity contribution in [2.24, 2.45) is 0 Å². The Morgan fingerprint density at radius 3 is 2.21 bits per heavy atom. The number of thiophene rings is 1. The summed E-state index contributed by atoms with van der Waals surface area (Å²) >= 11 is 1.01. The zero-order chi connectivity index (χ0) is 24.0. The number of carbonyl (C=O) groups is 3. The van der Waals surface area contributed by atoms with Crippen molar-refractivity contribution in [1.82, 2.24) is 0 Å². The maximum atomic E-state index is 13.0. The van der Waals surface area contributed by atoms with Crippen LogP contribution in [0.25, 0.3) is 0 Å². The first kappa shape index (κ1) is 24.6. The topological polar surface area (TPSA) is 100 Å². The molecule has 0 saturated heterocycles. The van der Waals surface area contributed by atoms with E-state index >= 15 is 0 Å². The van der Waals surface area contributed by atoms with Crippen LogP contribution in [0.4, 0.5) is 5.00 Å². The fraction of sp³-hybridized carbons (Fsp3) is 0.458. The lowest BCUT2D eigenvalue weighted by molar-refractivity contribution is 0.0216. The molecule has 8 nitrogen and oxygen atoms in total. The van der Waals surface area contributed by atoms with E-state index in [0.29, 0.717) is 17.1 Å². The molecule has 1 amide bonds. The largest absolute Gasteiger partial charge is 0.497 e. The molecule has 0 radical (unpaired) electrons. The van der Waals surface area contributed by atoms with Gasteiger partial charge in [-0.2, -0.15) is 0 Å². The minimum Gasteiger partial charge on any atom is -0.497 e. The molecule has 1 aromatic heterocycles. The fourth-order valence-corrected chi connectivity index (χ4v) is 4.82. The minimum absolute atomic E-state index is 0.124. The number of ether oxygens (including phenoxy) is 4. The van der Waals surface area contributed by atoms with Crippen LogP contribution < -0.4 is 14.8 Å². The van der Waals surface area contributed by atoms with E-state index in [-0.39, 0.29) is 33.7 Å². The Morgan fingerprint density at radius 1 is 1.00 bits per heavy atom. The van der Waals surface area contributed by atoms with Gasteiger partial charge in [0.1, 0.15) is 27.5 Å². The molecule has 1 aliphatic rings. The molecule has 1 saturated carbocycles. The van der Waals surface area contributed by atoms with Gasteiger partial charge >= 0.3 is 11.9 Å². The summed E-state index contributed by atoms with van der Waals surface area (Å²) in [6.07, 6.45) is 4.75. The van der Waals surface area contributed by atoms with Gasteiger partial charge in [0.15, 0.2) is 0 Å². The van der Waals surface area contributed by atoms with Gasteiger partial charge in [-0.1, -0.05) is 6.42 Å². The number of benzene rings is 1. The predicted molar refractivity (Wildman–Crippen MR) is 125 cm³/mol. The number of amides is 1. The van der Waals surface area contributed by atoms with E-state index in [2.05, 4.69) is 5.32 Å². The number of esters is 2. The quantitative estimate of drug-likeness (QED) is 0.537. The lowest BCUT2D eigenvalue weighted by atomic mass is 9.98. The Balaban J connectivity index is 1.91. The van der Waals surface area contributed by atoms with Crippen LogP contribution >= 0.6 is 11.3 Å². The molecule has 33 heavy (non-hydrogen) atoms. The molecule has 178 valence electrons. The van der Waals surface area contributed by atoms with Crippen molar-refractivity contribution in [3.63, 3.8) is 0 Å². The van der Waals surface area contributed by atoms with Gasteiger partial charge in [0, 0.05) is 11.6 Å². The van der Waals surface area contributed by atoms with E-state index < -0.39 is 17.8 Å². The van der Waals surface area contributed by atoms with Crippen LogP contribution in [-0.2, 0) is 9.47 Å². The summed E-state index contributed by atoms with van der Waals surface area (Å²) < 4.78 is 21.3. The number of anilines is 1. The van der Waals surface area contributed by atoms with E-state index in [1.54, 1.807) is 32.0 Å². The number of rotatable bonds is 8. The molecule has 0 aliphatic heterocycles. The second-order valence-electron chi connectivity index (χ2n) is 7.70. The van der Waals surface area contributed by atoms with Gasteiger partial charge in [0.2, 0.25) is 0 Å². The third-order valence-electron chi connectivity index (χ3n) is 5.48.